The number of nitrogens with one attached hydrogen (secondary N) is 1. The number of nitrogens with zero attached hydrogens (tertiary/aromatic N) is 4. The predicted molar refractivity (Wildman–Crippen MR) is 151 cm³/mol. The molecule has 40 heavy (non-hydrogen) atoms. The van der Waals surface area contributed by atoms with Crippen LogP contribution in [0.2, 0.25) is 0 Å². The van der Waals surface area contributed by atoms with E-state index in [1.807, 2.05) is 25.1 Å². The molecular weight excluding hydrogens is 539 g/mol. The number of ether oxygens (including phenoxy) is 1. The van der Waals surface area contributed by atoms with Crippen LogP contribution < -0.4 is 19.9 Å². The number of halogens is 3. The normalized spacial score (nSPS) is 20.2. The lowest BCUT2D eigenvalue weighted by Crippen LogP contribution is -2.53. The van der Waals surface area contributed by atoms with Gasteiger partial charge in [-0.3, -0.25) is 14.6 Å². The van der Waals surface area contributed by atoms with Gasteiger partial charge in [-0.1, -0.05) is 6.92 Å². The number of piperazine rings is 1. The first-order valence-electron chi connectivity index (χ1n) is 13.4. The number of hydrogen-bond acceptors (Lipinski definition) is 6. The van der Waals surface area contributed by atoms with E-state index in [0.29, 0.717) is 24.3 Å². The Kier molecular flexibility index (Phi) is 7.31. The van der Waals surface area contributed by atoms with E-state index in [1.165, 1.54) is 18.9 Å². The van der Waals surface area contributed by atoms with Gasteiger partial charge < -0.3 is 15.0 Å². The standard InChI is InChI=1S/C29H32F3N5O2S/c1-4-19-15-22(7-8-24(19)39-14-13-35-12-11-34-28(18-35)9-10-28)37-26(40)36(25(38)27(37,2)3)21-6-5-20(17-33)23(16-21)29(30,31)32/h5-8,15-16,34H,4,9-14,18H2,1-3H3. The summed E-state index contributed by atoms with van der Waals surface area (Å²) in [5.41, 5.74) is -0.908. The molecule has 2 aromatic carbocycles. The number of rotatable bonds is 7. The zero-order valence-electron chi connectivity index (χ0n) is 22.8. The molecule has 3 fully saturated rings. The van der Waals surface area contributed by atoms with Crippen LogP contribution in [0.5, 0.6) is 5.75 Å². The molecule has 0 radical (unpaired) electrons. The second kappa shape index (κ2) is 10.3. The molecule has 2 heterocycles. The second-order valence-corrected chi connectivity index (χ2v) is 11.5. The minimum atomic E-state index is -4.75. The van der Waals surface area contributed by atoms with Crippen LogP contribution in [0, 0.1) is 11.3 Å². The summed E-state index contributed by atoms with van der Waals surface area (Å²) >= 11 is 5.67. The maximum absolute atomic E-state index is 13.6. The van der Waals surface area contributed by atoms with Gasteiger partial charge in [-0.2, -0.15) is 18.4 Å². The van der Waals surface area contributed by atoms with Crippen molar-refractivity contribution in [3.05, 3.63) is 53.1 Å². The molecule has 1 aliphatic carbocycles. The fraction of sp³-hybridized carbons (Fsp3) is 0.483. The van der Waals surface area contributed by atoms with E-state index in [-0.39, 0.29) is 10.8 Å². The van der Waals surface area contributed by atoms with Crippen molar-refractivity contribution in [3.8, 4) is 11.8 Å². The lowest BCUT2D eigenvalue weighted by molar-refractivity contribution is -0.137. The van der Waals surface area contributed by atoms with Gasteiger partial charge in [0.1, 0.15) is 17.9 Å². The number of alkyl halides is 3. The Morgan fingerprint density at radius 3 is 2.52 bits per heavy atom. The molecule has 1 spiro atoms. The van der Waals surface area contributed by atoms with Crippen LogP contribution in [-0.2, 0) is 17.4 Å². The van der Waals surface area contributed by atoms with Gasteiger partial charge in [-0.25, -0.2) is 0 Å². The van der Waals surface area contributed by atoms with Gasteiger partial charge in [0.25, 0.3) is 5.91 Å². The number of hydrogen-bond donors (Lipinski definition) is 1. The number of anilines is 2. The summed E-state index contributed by atoms with van der Waals surface area (Å²) in [6, 6.07) is 10.4. The first-order valence-corrected chi connectivity index (χ1v) is 13.8. The smallest absolute Gasteiger partial charge is 0.417 e. The summed E-state index contributed by atoms with van der Waals surface area (Å²) in [7, 11) is 0. The number of carbonyl (C=O) groups is 1. The highest BCUT2D eigenvalue weighted by molar-refractivity contribution is 7.81. The van der Waals surface area contributed by atoms with Crippen molar-refractivity contribution in [2.75, 3.05) is 42.6 Å². The number of nitriles is 1. The number of aryl methyl sites for hydroxylation is 1. The van der Waals surface area contributed by atoms with E-state index in [1.54, 1.807) is 24.8 Å². The van der Waals surface area contributed by atoms with Crippen molar-refractivity contribution >= 4 is 34.6 Å². The Bertz CT molecular complexity index is 1380. The van der Waals surface area contributed by atoms with Crippen molar-refractivity contribution < 1.29 is 22.7 Å². The van der Waals surface area contributed by atoms with Crippen LogP contribution in [0.15, 0.2) is 36.4 Å². The van der Waals surface area contributed by atoms with Crippen LogP contribution >= 0.6 is 12.2 Å². The van der Waals surface area contributed by atoms with Crippen molar-refractivity contribution in [1.82, 2.24) is 10.2 Å². The van der Waals surface area contributed by atoms with Crippen molar-refractivity contribution in [3.63, 3.8) is 0 Å². The molecule has 2 aromatic rings. The molecular formula is C29H32F3N5O2S. The zero-order chi connectivity index (χ0) is 28.9. The fourth-order valence-corrected chi connectivity index (χ4v) is 6.11. The summed E-state index contributed by atoms with van der Waals surface area (Å²) in [6.07, 6.45) is -1.61. The van der Waals surface area contributed by atoms with E-state index >= 15 is 0 Å². The fourth-order valence-electron chi connectivity index (χ4n) is 5.59. The molecule has 1 N–H and O–H groups in total. The SMILES string of the molecule is CCc1cc(N2C(=S)N(c3ccc(C#N)c(C(F)(F)F)c3)C(=O)C2(C)C)ccc1OCCN1CCNC2(CC2)C1. The molecule has 5 rings (SSSR count). The van der Waals surface area contributed by atoms with Gasteiger partial charge in [0.2, 0.25) is 0 Å². The highest BCUT2D eigenvalue weighted by atomic mass is 32.1. The summed E-state index contributed by atoms with van der Waals surface area (Å²) < 4.78 is 47.1. The molecule has 0 unspecified atom stereocenters. The predicted octanol–water partition coefficient (Wildman–Crippen LogP) is 4.87. The van der Waals surface area contributed by atoms with Crippen LogP contribution in [0.25, 0.3) is 0 Å². The highest BCUT2D eigenvalue weighted by Gasteiger charge is 2.51. The van der Waals surface area contributed by atoms with E-state index in [4.69, 9.17) is 22.2 Å². The molecule has 0 atom stereocenters. The summed E-state index contributed by atoms with van der Waals surface area (Å²) in [6.45, 7) is 9.83. The van der Waals surface area contributed by atoms with Gasteiger partial charge in [0.15, 0.2) is 5.11 Å². The molecule has 1 amide bonds. The maximum atomic E-state index is 13.6. The third-order valence-electron chi connectivity index (χ3n) is 8.01. The Balaban J connectivity index is 1.36. The van der Waals surface area contributed by atoms with Crippen LogP contribution in [-0.4, -0.2) is 59.8 Å². The van der Waals surface area contributed by atoms with E-state index < -0.39 is 28.7 Å². The molecule has 0 aromatic heterocycles. The van der Waals surface area contributed by atoms with Gasteiger partial charge in [-0.05, 0) is 87.3 Å². The van der Waals surface area contributed by atoms with Crippen molar-refractivity contribution in [1.29, 1.82) is 5.26 Å². The third-order valence-corrected chi connectivity index (χ3v) is 8.38. The topological polar surface area (TPSA) is 71.8 Å². The van der Waals surface area contributed by atoms with Crippen LogP contribution in [0.4, 0.5) is 24.5 Å². The van der Waals surface area contributed by atoms with E-state index in [9.17, 15) is 18.0 Å². The molecule has 7 nitrogen and oxygen atoms in total. The van der Waals surface area contributed by atoms with Gasteiger partial charge >= 0.3 is 6.18 Å². The van der Waals surface area contributed by atoms with Gasteiger partial charge in [-0.15, -0.1) is 0 Å². The molecule has 0 bridgehead atoms. The average Bonchev–Trinajstić information content (AvgIpc) is 3.62. The third kappa shape index (κ3) is 5.16. The average molecular weight is 572 g/mol. The number of benzene rings is 2. The molecule has 11 heteroatoms. The van der Waals surface area contributed by atoms with Gasteiger partial charge in [0.05, 0.1) is 22.9 Å². The molecule has 2 saturated heterocycles. The largest absolute Gasteiger partial charge is 0.492 e. The number of carbonyl (C=O) groups excluding carboxylic acids is 1. The maximum Gasteiger partial charge on any atom is 0.417 e. The Morgan fingerprint density at radius 1 is 1.15 bits per heavy atom. The number of thiocarbonyl (C=S) groups is 1. The Hall–Kier alpha value is -3.20. The van der Waals surface area contributed by atoms with Crippen LogP contribution in [0.3, 0.4) is 0 Å². The summed E-state index contributed by atoms with van der Waals surface area (Å²) in [5.74, 6) is 0.300. The highest BCUT2D eigenvalue weighted by Crippen LogP contribution is 2.41. The molecule has 3 aliphatic rings. The minimum absolute atomic E-state index is 0.0338. The minimum Gasteiger partial charge on any atom is -0.492 e. The second-order valence-electron chi connectivity index (χ2n) is 11.1. The zero-order valence-corrected chi connectivity index (χ0v) is 23.6. The summed E-state index contributed by atoms with van der Waals surface area (Å²) in [4.78, 5) is 18.7. The molecule has 212 valence electrons. The Morgan fingerprint density at radius 2 is 1.88 bits per heavy atom. The van der Waals surface area contributed by atoms with Crippen molar-refractivity contribution in [2.45, 2.75) is 57.3 Å². The molecule has 1 saturated carbocycles. The first-order chi connectivity index (χ1) is 18.9. The number of amides is 1. The summed E-state index contributed by atoms with van der Waals surface area (Å²) in [5, 5.41) is 12.8. The van der Waals surface area contributed by atoms with Crippen molar-refractivity contribution in [2.24, 2.45) is 0 Å². The van der Waals surface area contributed by atoms with E-state index in [2.05, 4.69) is 10.2 Å². The lowest BCUT2D eigenvalue weighted by atomic mass is 10.0. The van der Waals surface area contributed by atoms with E-state index in [0.717, 1.165) is 54.5 Å². The Labute approximate surface area is 237 Å². The van der Waals surface area contributed by atoms with Crippen LogP contribution in [0.1, 0.15) is 50.3 Å². The van der Waals surface area contributed by atoms with Gasteiger partial charge in [0, 0.05) is 37.4 Å². The quantitative estimate of drug-likeness (QED) is 0.476. The molecule has 2 aliphatic heterocycles. The monoisotopic (exact) mass is 571 g/mol. The lowest BCUT2D eigenvalue weighted by Gasteiger charge is -2.34. The first kappa shape index (κ1) is 28.3.